The molecule has 19 heteroatoms. The number of aromatic nitrogens is 4. The van der Waals surface area contributed by atoms with E-state index in [0.717, 1.165) is 159 Å². The van der Waals surface area contributed by atoms with Crippen molar-refractivity contribution in [1.29, 1.82) is 0 Å². The average molecular weight is 1650 g/mol. The fourth-order valence-electron chi connectivity index (χ4n) is 19.0. The summed E-state index contributed by atoms with van der Waals surface area (Å²) in [6, 6.07) is 57.0. The number of ether oxygens (including phenoxy) is 2. The van der Waals surface area contributed by atoms with Crippen LogP contribution in [0.5, 0.6) is 11.5 Å². The van der Waals surface area contributed by atoms with Gasteiger partial charge in [0.05, 0.1) is 64.9 Å². The molecule has 4 aliphatic rings. The van der Waals surface area contributed by atoms with Gasteiger partial charge in [0.15, 0.2) is 0 Å². The number of alkyl halides is 6. The van der Waals surface area contributed by atoms with Crippen molar-refractivity contribution in [2.45, 2.75) is 127 Å². The lowest BCUT2D eigenvalue weighted by Gasteiger charge is -2.34. The monoisotopic (exact) mass is 1650 g/mol. The number of unbranched alkanes of at least 4 members (excludes halogenated alkanes) is 5. The fourth-order valence-corrected chi connectivity index (χ4v) is 19.0. The third-order valence-corrected chi connectivity index (χ3v) is 24.3. The normalized spacial score (nSPS) is 13.2. The van der Waals surface area contributed by atoms with E-state index >= 15 is 35.9 Å². The van der Waals surface area contributed by atoms with Gasteiger partial charge in [-0.3, -0.25) is 24.1 Å². The van der Waals surface area contributed by atoms with E-state index in [1.165, 1.54) is 23.3 Å². The SMILES string of the molecule is CCCCCCCCN1C(=O)c2cc(C(F)(F)F)c3c4c(cc(C(F)(F)F)c(c24)C1=O)C(=O)N(c1ccc(-c2c4nc(c(-c5c(C)cc(C)cc5C)c5ccc([nH]5)c(-c5ccc(-c6cc(C)c(-c7c(C)cc(N(c8ccc(OC)cc8)c8ccc(OC)cc8)cc7C)c(C)c6)cc5)c5nc(c(-c6c(C)cc(C)cc6C)c6ccc2[nH]6)C=C5)C=C4)cc1)C3=O. The van der Waals surface area contributed by atoms with Gasteiger partial charge in [-0.25, -0.2) is 14.9 Å². The Balaban J connectivity index is 0.795. The highest BCUT2D eigenvalue weighted by Gasteiger charge is 2.50. The Morgan fingerprint density at radius 1 is 0.350 bits per heavy atom. The molecule has 0 spiro atoms. The average Bonchev–Trinajstić information content (AvgIpc) is 1.30. The van der Waals surface area contributed by atoms with Crippen LogP contribution in [-0.4, -0.2) is 69.2 Å². The number of aromatic amines is 2. The molecule has 618 valence electrons. The molecule has 0 saturated heterocycles. The van der Waals surface area contributed by atoms with Gasteiger partial charge in [-0.15, -0.1) is 0 Å². The van der Waals surface area contributed by atoms with Gasteiger partial charge in [0.1, 0.15) is 11.5 Å². The van der Waals surface area contributed by atoms with Crippen molar-refractivity contribution < 1.29 is 55.0 Å². The van der Waals surface area contributed by atoms with Crippen LogP contribution in [0.15, 0.2) is 182 Å². The summed E-state index contributed by atoms with van der Waals surface area (Å²) in [4.78, 5) is 81.3. The van der Waals surface area contributed by atoms with Gasteiger partial charge in [0.25, 0.3) is 23.6 Å². The summed E-state index contributed by atoms with van der Waals surface area (Å²) in [5.41, 5.74) is 21.8. The standard InChI is InChI=1S/C104H89F6N7O6/c1-14-15-16-17-18-19-44-115-99(118)75-53-78(104(108,109)110)96-94-76(54-77(103(105,106)107)95(93(75)94)101(115)120)100(119)117(102(96)121)71-26-24-67(25-27-71)92-81-38-42-85(113-81)97(89-57(4)45-55(2)46-58(89)5)83-40-36-79(111-83)91(80-37-41-84(112-80)98(86-43-39-82(92)114-86)90-59(6)47-56(3)48-60(90)7)66-22-20-65(21-23-66)68-49-61(8)87(62(9)50-68)88-63(10)51-72(52-64(88)11)116(69-28-32-73(122-12)33-29-69)70-30-34-74(123-13)35-31-70/h20-43,45-54,111,114H,14-19,44H2,1-13H3. The lowest BCUT2D eigenvalue weighted by Crippen LogP contribution is -2.45. The number of imide groups is 2. The van der Waals surface area contributed by atoms with Crippen LogP contribution in [0, 0.1) is 69.2 Å². The summed E-state index contributed by atoms with van der Waals surface area (Å²) in [5.74, 6) is -4.02. The van der Waals surface area contributed by atoms with Gasteiger partial charge in [0, 0.05) is 89.8 Å². The first-order chi connectivity index (χ1) is 58.9. The second-order valence-electron chi connectivity index (χ2n) is 32.8. The molecule has 0 saturated carbocycles. The molecule has 0 aliphatic carbocycles. The Hall–Kier alpha value is -13.7. The molecule has 17 rings (SSSR count). The Kier molecular flexibility index (Phi) is 21.1. The van der Waals surface area contributed by atoms with Crippen LogP contribution in [0.4, 0.5) is 49.1 Å². The van der Waals surface area contributed by atoms with Gasteiger partial charge in [-0.2, -0.15) is 26.3 Å². The molecule has 0 unspecified atom stereocenters. The number of halogens is 6. The van der Waals surface area contributed by atoms with E-state index < -0.39 is 80.1 Å². The van der Waals surface area contributed by atoms with Gasteiger partial charge in [-0.1, -0.05) is 123 Å². The van der Waals surface area contributed by atoms with Crippen molar-refractivity contribution in [3.05, 3.63) is 294 Å². The molecule has 7 heterocycles. The highest BCUT2D eigenvalue weighted by molar-refractivity contribution is 6.40. The second-order valence-corrected chi connectivity index (χ2v) is 32.8. The summed E-state index contributed by atoms with van der Waals surface area (Å²) in [7, 11) is 3.33. The van der Waals surface area contributed by atoms with E-state index in [1.54, 1.807) is 26.4 Å². The maximum absolute atomic E-state index is 15.8. The minimum Gasteiger partial charge on any atom is -0.497 e. The Labute approximate surface area is 709 Å². The number of rotatable bonds is 19. The molecule has 8 bridgehead atoms. The number of aryl methyl sites for hydroxylation is 10. The highest BCUT2D eigenvalue weighted by Crippen LogP contribution is 2.51. The van der Waals surface area contributed by atoms with Gasteiger partial charge >= 0.3 is 12.4 Å². The molecule has 3 aromatic heterocycles. The summed E-state index contributed by atoms with van der Waals surface area (Å²) >= 11 is 0. The molecule has 123 heavy (non-hydrogen) atoms. The van der Waals surface area contributed by atoms with Crippen molar-refractivity contribution >= 4 is 104 Å². The molecule has 4 amide bonds. The van der Waals surface area contributed by atoms with Crippen molar-refractivity contribution in [3.8, 4) is 78.3 Å². The molecule has 2 N–H and O–H groups in total. The van der Waals surface area contributed by atoms with E-state index in [-0.39, 0.29) is 18.7 Å². The van der Waals surface area contributed by atoms with E-state index in [1.807, 2.05) is 61.5 Å². The predicted molar refractivity (Wildman–Crippen MR) is 480 cm³/mol. The largest absolute Gasteiger partial charge is 0.497 e. The molecule has 0 radical (unpaired) electrons. The fraction of sp³-hybridized carbons (Fsp3) is 0.212. The van der Waals surface area contributed by atoms with Crippen LogP contribution >= 0.6 is 0 Å². The van der Waals surface area contributed by atoms with Crippen molar-refractivity contribution in [1.82, 2.24) is 24.8 Å². The van der Waals surface area contributed by atoms with Crippen molar-refractivity contribution in [3.63, 3.8) is 0 Å². The number of hydrogen-bond donors (Lipinski definition) is 2. The van der Waals surface area contributed by atoms with Crippen LogP contribution in [0.1, 0.15) is 176 Å². The number of amides is 4. The number of methoxy groups -OCH3 is 2. The van der Waals surface area contributed by atoms with Crippen molar-refractivity contribution in [2.75, 3.05) is 30.6 Å². The minimum atomic E-state index is -5.39. The third kappa shape index (κ3) is 14.5. The van der Waals surface area contributed by atoms with Gasteiger partial charge < -0.3 is 24.3 Å². The molecule has 0 fully saturated rings. The summed E-state index contributed by atoms with van der Waals surface area (Å²) in [5, 5.41) is -1.68. The van der Waals surface area contributed by atoms with Gasteiger partial charge in [0.2, 0.25) is 0 Å². The highest BCUT2D eigenvalue weighted by atomic mass is 19.4. The van der Waals surface area contributed by atoms with E-state index in [2.05, 4.69) is 199 Å². The first-order valence-electron chi connectivity index (χ1n) is 41.3. The van der Waals surface area contributed by atoms with Crippen molar-refractivity contribution in [2.24, 2.45) is 0 Å². The summed E-state index contributed by atoms with van der Waals surface area (Å²) < 4.78 is 105. The number of anilines is 4. The lowest BCUT2D eigenvalue weighted by atomic mass is 9.80. The van der Waals surface area contributed by atoms with Crippen LogP contribution in [0.2, 0.25) is 0 Å². The van der Waals surface area contributed by atoms with E-state index in [4.69, 9.17) is 19.4 Å². The van der Waals surface area contributed by atoms with Gasteiger partial charge in [-0.05, 0) is 298 Å². The number of carbonyl (C=O) groups excluding carboxylic acids is 4. The predicted octanol–water partition coefficient (Wildman–Crippen LogP) is 27.2. The first-order valence-corrected chi connectivity index (χ1v) is 41.3. The Morgan fingerprint density at radius 3 is 1.13 bits per heavy atom. The second kappa shape index (κ2) is 31.7. The molecule has 4 aliphatic heterocycles. The van der Waals surface area contributed by atoms with Crippen LogP contribution < -0.4 is 19.3 Å². The zero-order chi connectivity index (χ0) is 86.7. The van der Waals surface area contributed by atoms with Crippen LogP contribution in [0.25, 0.3) is 124 Å². The Morgan fingerprint density at radius 2 is 0.707 bits per heavy atom. The summed E-state index contributed by atoms with van der Waals surface area (Å²) in [6.07, 6.45) is 1.23. The topological polar surface area (TPSA) is 154 Å². The molecule has 0 atom stereocenters. The molecule has 13 nitrogen and oxygen atoms in total. The molecule has 10 aromatic carbocycles. The minimum absolute atomic E-state index is 0.185. The van der Waals surface area contributed by atoms with E-state index in [9.17, 15) is 9.59 Å². The molecule has 13 aromatic rings. The number of hydrogen-bond acceptors (Lipinski definition) is 9. The number of nitrogens with one attached hydrogen (secondary N) is 2. The third-order valence-electron chi connectivity index (χ3n) is 24.3. The quantitative estimate of drug-likeness (QED) is 0.0457. The summed E-state index contributed by atoms with van der Waals surface area (Å²) in [6.45, 7) is 22.8. The lowest BCUT2D eigenvalue weighted by molar-refractivity contribution is -0.138. The number of H-pyrrole nitrogens is 2. The number of carbonyl (C=O) groups is 4. The zero-order valence-corrected chi connectivity index (χ0v) is 70.5. The molecular formula is C104H89F6N7O6. The zero-order valence-electron chi connectivity index (χ0n) is 70.5. The number of nitrogens with zero attached hydrogens (tertiary/aromatic N) is 5. The smallest absolute Gasteiger partial charge is 0.417 e. The van der Waals surface area contributed by atoms with Crippen LogP contribution in [0.3, 0.4) is 0 Å². The maximum Gasteiger partial charge on any atom is 0.417 e. The first kappa shape index (κ1) is 81.7. The number of fused-ring (bicyclic) bond motifs is 8. The molecular weight excluding hydrogens is 1560 g/mol. The Bertz CT molecular complexity index is 6670. The van der Waals surface area contributed by atoms with Crippen LogP contribution in [-0.2, 0) is 12.4 Å². The number of benzene rings is 10. The maximum atomic E-state index is 15.8. The van der Waals surface area contributed by atoms with E-state index in [0.29, 0.717) is 79.7 Å².